The molecule has 0 spiro atoms. The molecule has 5 heteroatoms. The highest BCUT2D eigenvalue weighted by Crippen LogP contribution is 2.59. The zero-order chi connectivity index (χ0) is 17.4. The average molecular weight is 342 g/mol. The predicted octanol–water partition coefficient (Wildman–Crippen LogP) is 1.70. The molecule has 4 fully saturated rings. The maximum Gasteiger partial charge on any atom is 0.319 e. The molecule has 134 valence electrons. The summed E-state index contributed by atoms with van der Waals surface area (Å²) in [6.07, 6.45) is 8.20. The van der Waals surface area contributed by atoms with E-state index < -0.39 is 12.1 Å². The van der Waals surface area contributed by atoms with Gasteiger partial charge in [0.25, 0.3) is 5.91 Å². The zero-order valence-corrected chi connectivity index (χ0v) is 14.6. The Morgan fingerprint density at radius 2 is 1.64 bits per heavy atom. The van der Waals surface area contributed by atoms with Crippen molar-refractivity contribution >= 4 is 11.9 Å². The second kappa shape index (κ2) is 6.45. The van der Waals surface area contributed by atoms with Crippen molar-refractivity contribution in [2.45, 2.75) is 44.6 Å². The summed E-state index contributed by atoms with van der Waals surface area (Å²) in [7, 11) is 0. The van der Waals surface area contributed by atoms with Crippen LogP contribution in [0.4, 0.5) is 4.79 Å². The molecule has 5 rings (SSSR count). The molecule has 4 saturated carbocycles. The molecule has 1 atom stereocenters. The summed E-state index contributed by atoms with van der Waals surface area (Å²) in [5.74, 6) is 2.38. The number of primary amides is 1. The van der Waals surface area contributed by atoms with E-state index in [-0.39, 0.29) is 5.91 Å². The van der Waals surface area contributed by atoms with Gasteiger partial charge in [0.15, 0.2) is 6.04 Å². The first kappa shape index (κ1) is 16.6. The van der Waals surface area contributed by atoms with E-state index in [9.17, 15) is 9.59 Å². The Bertz CT molecular complexity index is 623. The van der Waals surface area contributed by atoms with Crippen LogP contribution in [0.15, 0.2) is 30.3 Å². The molecule has 0 aromatic heterocycles. The lowest BCUT2D eigenvalue weighted by molar-refractivity contribution is -0.695. The molecule has 1 aromatic rings. The van der Waals surface area contributed by atoms with Gasteiger partial charge >= 0.3 is 6.03 Å². The maximum absolute atomic E-state index is 12.5. The lowest BCUT2D eigenvalue weighted by atomic mass is 9.49. The lowest BCUT2D eigenvalue weighted by Gasteiger charge is -2.56. The van der Waals surface area contributed by atoms with Crippen LogP contribution in [0.25, 0.3) is 0 Å². The van der Waals surface area contributed by atoms with Crippen molar-refractivity contribution in [2.24, 2.45) is 28.9 Å². The SMILES string of the molecule is NC(=O)NC(=O)[C@H]([NH2+]CC12CC3CC(CC(C3)C1)C2)c1ccccc1. The molecule has 4 bridgehead atoms. The Hall–Kier alpha value is -1.88. The summed E-state index contributed by atoms with van der Waals surface area (Å²) >= 11 is 0. The van der Waals surface area contributed by atoms with E-state index in [0.717, 1.165) is 29.9 Å². The average Bonchev–Trinajstić information content (AvgIpc) is 2.54. The van der Waals surface area contributed by atoms with Crippen molar-refractivity contribution in [3.63, 3.8) is 0 Å². The Balaban J connectivity index is 1.49. The summed E-state index contributed by atoms with van der Waals surface area (Å²) in [6.45, 7) is 0.961. The van der Waals surface area contributed by atoms with E-state index in [4.69, 9.17) is 5.73 Å². The quantitative estimate of drug-likeness (QED) is 0.760. The minimum Gasteiger partial charge on any atom is -0.351 e. The summed E-state index contributed by atoms with van der Waals surface area (Å²) in [4.78, 5) is 23.7. The summed E-state index contributed by atoms with van der Waals surface area (Å²) < 4.78 is 0. The van der Waals surface area contributed by atoms with Crippen molar-refractivity contribution in [1.29, 1.82) is 0 Å². The number of nitrogens with one attached hydrogen (secondary N) is 1. The monoisotopic (exact) mass is 342 g/mol. The first-order chi connectivity index (χ1) is 12.0. The molecule has 3 amide bonds. The van der Waals surface area contributed by atoms with Crippen molar-refractivity contribution in [1.82, 2.24) is 5.32 Å². The fourth-order valence-corrected chi connectivity index (χ4v) is 6.16. The van der Waals surface area contributed by atoms with Gasteiger partial charge in [-0.25, -0.2) is 4.79 Å². The predicted molar refractivity (Wildman–Crippen MR) is 94.3 cm³/mol. The third kappa shape index (κ3) is 3.43. The molecule has 4 aliphatic carbocycles. The molecule has 0 unspecified atom stereocenters. The Kier molecular flexibility index (Phi) is 4.28. The standard InChI is InChI=1S/C20H27N3O2/c21-19(25)23-18(24)17(16-4-2-1-3-5-16)22-12-20-9-13-6-14(10-20)8-15(7-13)11-20/h1-5,13-15,17,22H,6-12H2,(H3,21,23,24,25)/p+1/t13?,14?,15?,17-,20?/m1/s1. The van der Waals surface area contributed by atoms with Gasteiger partial charge in [0.1, 0.15) is 0 Å². The molecule has 0 saturated heterocycles. The van der Waals surface area contributed by atoms with Gasteiger partial charge in [-0.3, -0.25) is 10.1 Å². The highest BCUT2D eigenvalue weighted by molar-refractivity contribution is 5.96. The van der Waals surface area contributed by atoms with Gasteiger partial charge in [-0.05, 0) is 56.3 Å². The topological polar surface area (TPSA) is 88.8 Å². The number of carbonyl (C=O) groups is 2. The van der Waals surface area contributed by atoms with Crippen molar-refractivity contribution < 1.29 is 14.9 Å². The second-order valence-corrected chi connectivity index (χ2v) is 8.60. The number of imide groups is 1. The van der Waals surface area contributed by atoms with Crippen LogP contribution in [0.1, 0.15) is 50.1 Å². The van der Waals surface area contributed by atoms with Crippen molar-refractivity contribution in [3.05, 3.63) is 35.9 Å². The van der Waals surface area contributed by atoms with Crippen LogP contribution in [0.5, 0.6) is 0 Å². The molecule has 0 heterocycles. The third-order valence-corrected chi connectivity index (χ3v) is 6.64. The van der Waals surface area contributed by atoms with E-state index in [1.54, 1.807) is 0 Å². The fourth-order valence-electron chi connectivity index (χ4n) is 6.16. The molecule has 0 radical (unpaired) electrons. The first-order valence-electron chi connectivity index (χ1n) is 9.51. The largest absolute Gasteiger partial charge is 0.351 e. The fraction of sp³-hybridized carbons (Fsp3) is 0.600. The highest BCUT2D eigenvalue weighted by Gasteiger charge is 2.52. The molecular weight excluding hydrogens is 314 g/mol. The number of amides is 3. The third-order valence-electron chi connectivity index (χ3n) is 6.64. The molecule has 5 N–H and O–H groups in total. The van der Waals surface area contributed by atoms with Crippen LogP contribution in [0.2, 0.25) is 0 Å². The number of benzene rings is 1. The van der Waals surface area contributed by atoms with Crippen LogP contribution >= 0.6 is 0 Å². The van der Waals surface area contributed by atoms with E-state index in [1.165, 1.54) is 38.5 Å². The number of hydrogen-bond acceptors (Lipinski definition) is 2. The minimum absolute atomic E-state index is 0.316. The van der Waals surface area contributed by atoms with Gasteiger partial charge in [0.05, 0.1) is 6.54 Å². The summed E-state index contributed by atoms with van der Waals surface area (Å²) in [5, 5.41) is 4.41. The van der Waals surface area contributed by atoms with Crippen LogP contribution < -0.4 is 16.4 Å². The van der Waals surface area contributed by atoms with Gasteiger partial charge in [0.2, 0.25) is 0 Å². The van der Waals surface area contributed by atoms with Crippen LogP contribution in [-0.4, -0.2) is 18.5 Å². The maximum atomic E-state index is 12.5. The van der Waals surface area contributed by atoms with Gasteiger partial charge in [-0.15, -0.1) is 0 Å². The first-order valence-corrected chi connectivity index (χ1v) is 9.51. The Morgan fingerprint density at radius 1 is 1.08 bits per heavy atom. The molecule has 1 aromatic carbocycles. The van der Waals surface area contributed by atoms with E-state index in [0.29, 0.717) is 5.41 Å². The van der Waals surface area contributed by atoms with Crippen LogP contribution in [-0.2, 0) is 4.79 Å². The smallest absolute Gasteiger partial charge is 0.319 e. The minimum atomic E-state index is -0.783. The van der Waals surface area contributed by atoms with E-state index in [1.807, 2.05) is 30.3 Å². The number of nitrogens with two attached hydrogens (primary N) is 2. The van der Waals surface area contributed by atoms with E-state index >= 15 is 0 Å². The summed E-state index contributed by atoms with van der Waals surface area (Å²) in [5.41, 5.74) is 6.47. The lowest BCUT2D eigenvalue weighted by Crippen LogP contribution is -2.90. The molecule has 25 heavy (non-hydrogen) atoms. The van der Waals surface area contributed by atoms with Crippen LogP contribution in [0.3, 0.4) is 0 Å². The number of quaternary nitrogens is 1. The second-order valence-electron chi connectivity index (χ2n) is 8.60. The number of carbonyl (C=O) groups excluding carboxylic acids is 2. The molecule has 4 aliphatic rings. The van der Waals surface area contributed by atoms with Gasteiger partial charge in [0, 0.05) is 11.0 Å². The van der Waals surface area contributed by atoms with Gasteiger partial charge in [-0.1, -0.05) is 30.3 Å². The van der Waals surface area contributed by atoms with Crippen LogP contribution in [0, 0.1) is 23.2 Å². The molecule has 5 nitrogen and oxygen atoms in total. The number of urea groups is 1. The number of hydrogen-bond donors (Lipinski definition) is 3. The van der Waals surface area contributed by atoms with Crippen molar-refractivity contribution in [3.8, 4) is 0 Å². The highest BCUT2D eigenvalue weighted by atomic mass is 16.2. The Morgan fingerprint density at radius 3 is 2.16 bits per heavy atom. The van der Waals surface area contributed by atoms with E-state index in [2.05, 4.69) is 10.6 Å². The molecular formula is C20H28N3O2+. The van der Waals surface area contributed by atoms with Gasteiger partial charge in [-0.2, -0.15) is 0 Å². The summed E-state index contributed by atoms with van der Waals surface area (Å²) in [6, 6.07) is 8.49. The Labute approximate surface area is 148 Å². The van der Waals surface area contributed by atoms with Gasteiger partial charge < -0.3 is 11.1 Å². The van der Waals surface area contributed by atoms with Crippen molar-refractivity contribution in [2.75, 3.05) is 6.54 Å². The molecule has 0 aliphatic heterocycles. The number of rotatable bonds is 5. The normalized spacial score (nSPS) is 33.8. The zero-order valence-electron chi connectivity index (χ0n) is 14.6.